The van der Waals surface area contributed by atoms with E-state index in [1.165, 1.54) is 0 Å². The van der Waals surface area contributed by atoms with Gasteiger partial charge in [0.25, 0.3) is 0 Å². The average molecular weight is 462 g/mol. The number of carbonyl (C=O) groups is 1. The van der Waals surface area contributed by atoms with Gasteiger partial charge in [0.2, 0.25) is 5.91 Å². The number of rotatable bonds is 9. The highest BCUT2D eigenvalue weighted by atomic mass is 127. The van der Waals surface area contributed by atoms with Gasteiger partial charge in [0, 0.05) is 26.1 Å². The van der Waals surface area contributed by atoms with Crippen LogP contribution in [0.1, 0.15) is 39.2 Å². The molecule has 0 saturated carbocycles. The summed E-state index contributed by atoms with van der Waals surface area (Å²) in [4.78, 5) is 16.0. The van der Waals surface area contributed by atoms with Gasteiger partial charge in [-0.1, -0.05) is 37.3 Å². The molecule has 0 aromatic heterocycles. The molecule has 1 aromatic rings. The number of aliphatic hydroxyl groups is 1. The van der Waals surface area contributed by atoms with Crippen LogP contribution >= 0.6 is 24.0 Å². The molecule has 0 fully saturated rings. The van der Waals surface area contributed by atoms with E-state index in [4.69, 9.17) is 0 Å². The standard InChI is InChI=1S/C18H30N4O2.HI/c1-4-12-20-16(23)11-13-21-17(19-5-2)22-14-18(3,24)15-9-7-6-8-10-15;/h6-10,24H,4-5,11-14H2,1-3H3,(H,20,23)(H2,19,21,22);1H. The number of halogens is 1. The summed E-state index contributed by atoms with van der Waals surface area (Å²) in [6.45, 7) is 7.87. The van der Waals surface area contributed by atoms with Gasteiger partial charge in [0.15, 0.2) is 5.96 Å². The first kappa shape index (κ1) is 23.6. The highest BCUT2D eigenvalue weighted by molar-refractivity contribution is 14.0. The van der Waals surface area contributed by atoms with Gasteiger partial charge in [-0.2, -0.15) is 0 Å². The monoisotopic (exact) mass is 462 g/mol. The molecule has 1 unspecified atom stereocenters. The fourth-order valence-corrected chi connectivity index (χ4v) is 2.11. The number of aliphatic imine (C=N–C) groups is 1. The summed E-state index contributed by atoms with van der Waals surface area (Å²) in [5, 5.41) is 19.7. The van der Waals surface area contributed by atoms with Crippen molar-refractivity contribution >= 4 is 35.8 Å². The minimum atomic E-state index is -1.04. The Morgan fingerprint density at radius 2 is 1.80 bits per heavy atom. The molecule has 7 heteroatoms. The van der Waals surface area contributed by atoms with E-state index in [1.807, 2.05) is 44.2 Å². The van der Waals surface area contributed by atoms with Crippen LogP contribution in [0.4, 0.5) is 0 Å². The molecule has 0 radical (unpaired) electrons. The fraction of sp³-hybridized carbons (Fsp3) is 0.556. The van der Waals surface area contributed by atoms with Crippen molar-refractivity contribution in [1.82, 2.24) is 16.0 Å². The van der Waals surface area contributed by atoms with E-state index in [-0.39, 0.29) is 36.4 Å². The largest absolute Gasteiger partial charge is 0.384 e. The second kappa shape index (κ2) is 12.9. The number of guanidine groups is 1. The molecule has 0 heterocycles. The summed E-state index contributed by atoms with van der Waals surface area (Å²) in [6, 6.07) is 9.47. The molecule has 0 spiro atoms. The predicted molar refractivity (Wildman–Crippen MR) is 113 cm³/mol. The molecule has 0 aliphatic carbocycles. The Hall–Kier alpha value is -1.35. The predicted octanol–water partition coefficient (Wildman–Crippen LogP) is 1.98. The summed E-state index contributed by atoms with van der Waals surface area (Å²) in [5.41, 5.74) is -0.217. The van der Waals surface area contributed by atoms with Crippen LogP contribution < -0.4 is 16.0 Å². The molecule has 0 bridgehead atoms. The van der Waals surface area contributed by atoms with Crippen LogP contribution in [0.3, 0.4) is 0 Å². The molecule has 1 aromatic carbocycles. The van der Waals surface area contributed by atoms with Crippen molar-refractivity contribution in [3.05, 3.63) is 35.9 Å². The Kier molecular flexibility index (Phi) is 12.2. The SMILES string of the molecule is CCCNC(=O)CCNC(=NCC(C)(O)c1ccccc1)NCC.I. The minimum Gasteiger partial charge on any atom is -0.384 e. The minimum absolute atomic E-state index is 0. The van der Waals surface area contributed by atoms with Gasteiger partial charge < -0.3 is 21.1 Å². The van der Waals surface area contributed by atoms with Crippen molar-refractivity contribution in [1.29, 1.82) is 0 Å². The van der Waals surface area contributed by atoms with Gasteiger partial charge >= 0.3 is 0 Å². The normalized spacial score (nSPS) is 13.4. The Labute approximate surface area is 167 Å². The fourth-order valence-electron chi connectivity index (χ4n) is 2.11. The van der Waals surface area contributed by atoms with E-state index in [0.29, 0.717) is 32.0 Å². The van der Waals surface area contributed by atoms with Crippen molar-refractivity contribution in [3.63, 3.8) is 0 Å². The number of benzene rings is 1. The first-order chi connectivity index (χ1) is 11.5. The third-order valence-electron chi connectivity index (χ3n) is 3.50. The third kappa shape index (κ3) is 9.64. The summed E-state index contributed by atoms with van der Waals surface area (Å²) in [7, 11) is 0. The van der Waals surface area contributed by atoms with Crippen LogP contribution in [-0.2, 0) is 10.4 Å². The molecule has 142 valence electrons. The zero-order chi connectivity index (χ0) is 17.8. The first-order valence-corrected chi connectivity index (χ1v) is 8.56. The molecule has 6 nitrogen and oxygen atoms in total. The number of nitrogens with zero attached hydrogens (tertiary/aromatic N) is 1. The lowest BCUT2D eigenvalue weighted by Crippen LogP contribution is -2.40. The van der Waals surface area contributed by atoms with Gasteiger partial charge in [0.1, 0.15) is 5.60 Å². The maximum atomic E-state index is 11.6. The van der Waals surface area contributed by atoms with Gasteiger partial charge in [-0.3, -0.25) is 4.79 Å². The molecule has 0 aliphatic rings. The summed E-state index contributed by atoms with van der Waals surface area (Å²) in [6.07, 6.45) is 1.32. The van der Waals surface area contributed by atoms with Gasteiger partial charge in [0.05, 0.1) is 6.54 Å². The van der Waals surface area contributed by atoms with Crippen LogP contribution in [0.2, 0.25) is 0 Å². The second-order valence-corrected chi connectivity index (χ2v) is 5.86. The number of amides is 1. The highest BCUT2D eigenvalue weighted by Crippen LogP contribution is 2.20. The van der Waals surface area contributed by atoms with Crippen molar-refractivity contribution in [3.8, 4) is 0 Å². The van der Waals surface area contributed by atoms with E-state index in [2.05, 4.69) is 20.9 Å². The number of carbonyl (C=O) groups excluding carboxylic acids is 1. The molecule has 1 rings (SSSR count). The van der Waals surface area contributed by atoms with Gasteiger partial charge in [-0.25, -0.2) is 4.99 Å². The lowest BCUT2D eigenvalue weighted by atomic mass is 9.96. The summed E-state index contributed by atoms with van der Waals surface area (Å²) in [5.74, 6) is 0.619. The van der Waals surface area contributed by atoms with E-state index in [0.717, 1.165) is 12.0 Å². The Morgan fingerprint density at radius 3 is 2.40 bits per heavy atom. The number of hydrogen-bond donors (Lipinski definition) is 4. The smallest absolute Gasteiger partial charge is 0.221 e. The molecular weight excluding hydrogens is 431 g/mol. The zero-order valence-electron chi connectivity index (χ0n) is 15.3. The Morgan fingerprint density at radius 1 is 1.12 bits per heavy atom. The van der Waals surface area contributed by atoms with Crippen LogP contribution in [-0.4, -0.2) is 43.2 Å². The Balaban J connectivity index is 0.00000576. The number of nitrogens with one attached hydrogen (secondary N) is 3. The maximum absolute atomic E-state index is 11.6. The van der Waals surface area contributed by atoms with Crippen molar-refractivity contribution in [2.45, 2.75) is 39.2 Å². The summed E-state index contributed by atoms with van der Waals surface area (Å²) >= 11 is 0. The van der Waals surface area contributed by atoms with E-state index < -0.39 is 5.60 Å². The lowest BCUT2D eigenvalue weighted by Gasteiger charge is -2.22. The quantitative estimate of drug-likeness (QED) is 0.257. The summed E-state index contributed by atoms with van der Waals surface area (Å²) < 4.78 is 0. The molecule has 0 aliphatic heterocycles. The van der Waals surface area contributed by atoms with E-state index in [1.54, 1.807) is 6.92 Å². The first-order valence-electron chi connectivity index (χ1n) is 8.56. The third-order valence-corrected chi connectivity index (χ3v) is 3.50. The Bertz CT molecular complexity index is 521. The zero-order valence-corrected chi connectivity index (χ0v) is 17.7. The maximum Gasteiger partial charge on any atom is 0.221 e. The lowest BCUT2D eigenvalue weighted by molar-refractivity contribution is -0.120. The second-order valence-electron chi connectivity index (χ2n) is 5.86. The van der Waals surface area contributed by atoms with Crippen molar-refractivity contribution < 1.29 is 9.90 Å². The highest BCUT2D eigenvalue weighted by Gasteiger charge is 2.22. The van der Waals surface area contributed by atoms with E-state index >= 15 is 0 Å². The van der Waals surface area contributed by atoms with E-state index in [9.17, 15) is 9.90 Å². The van der Waals surface area contributed by atoms with Gasteiger partial charge in [-0.05, 0) is 25.8 Å². The topological polar surface area (TPSA) is 85.8 Å². The van der Waals surface area contributed by atoms with Crippen LogP contribution in [0.5, 0.6) is 0 Å². The van der Waals surface area contributed by atoms with Crippen molar-refractivity contribution in [2.75, 3.05) is 26.2 Å². The average Bonchev–Trinajstić information content (AvgIpc) is 2.58. The molecule has 1 atom stereocenters. The van der Waals surface area contributed by atoms with Crippen LogP contribution in [0, 0.1) is 0 Å². The number of hydrogen-bond acceptors (Lipinski definition) is 3. The molecule has 1 amide bonds. The molecular formula is C18H31IN4O2. The van der Waals surface area contributed by atoms with Crippen LogP contribution in [0.25, 0.3) is 0 Å². The molecule has 4 N–H and O–H groups in total. The molecule has 25 heavy (non-hydrogen) atoms. The molecule has 0 saturated heterocycles. The van der Waals surface area contributed by atoms with Crippen LogP contribution in [0.15, 0.2) is 35.3 Å². The van der Waals surface area contributed by atoms with Gasteiger partial charge in [-0.15, -0.1) is 24.0 Å². The van der Waals surface area contributed by atoms with Crippen molar-refractivity contribution in [2.24, 2.45) is 4.99 Å².